The standard InChI is InChI=1S/C21H20N2O3S/c1-14-6-2-3-7-15(14)16-8-4-12-23(16)21(25)18-10-11-19(27-18)22-20(24)17-9-5-13-26-17/h2-3,5-7,9-11,13,16H,4,8,12H2,1H3,(H,22,24). The number of carbonyl (C=O) groups excluding carboxylic acids is 2. The van der Waals surface area contributed by atoms with Gasteiger partial charge in [-0.25, -0.2) is 0 Å². The minimum Gasteiger partial charge on any atom is -0.459 e. The molecule has 2 amide bonds. The highest BCUT2D eigenvalue weighted by Gasteiger charge is 2.32. The second-order valence-electron chi connectivity index (χ2n) is 6.61. The summed E-state index contributed by atoms with van der Waals surface area (Å²) >= 11 is 1.29. The maximum absolute atomic E-state index is 13.1. The van der Waals surface area contributed by atoms with E-state index in [4.69, 9.17) is 4.42 Å². The Hall–Kier alpha value is -2.86. The molecule has 0 spiro atoms. The molecule has 1 unspecified atom stereocenters. The molecule has 1 saturated heterocycles. The quantitative estimate of drug-likeness (QED) is 0.702. The van der Waals surface area contributed by atoms with E-state index in [1.165, 1.54) is 28.7 Å². The summed E-state index contributed by atoms with van der Waals surface area (Å²) in [5.41, 5.74) is 2.42. The van der Waals surface area contributed by atoms with E-state index < -0.39 is 0 Å². The fourth-order valence-corrected chi connectivity index (χ4v) is 4.39. The molecule has 0 radical (unpaired) electrons. The van der Waals surface area contributed by atoms with E-state index in [0.29, 0.717) is 9.88 Å². The monoisotopic (exact) mass is 380 g/mol. The molecule has 1 aliphatic rings. The Morgan fingerprint density at radius 2 is 2.00 bits per heavy atom. The van der Waals surface area contributed by atoms with Crippen LogP contribution in [-0.2, 0) is 0 Å². The van der Waals surface area contributed by atoms with E-state index in [9.17, 15) is 9.59 Å². The summed E-state index contributed by atoms with van der Waals surface area (Å²) in [6.07, 6.45) is 3.43. The molecule has 0 bridgehead atoms. The van der Waals surface area contributed by atoms with Crippen molar-refractivity contribution in [1.82, 2.24) is 4.90 Å². The minimum absolute atomic E-state index is 0.0178. The smallest absolute Gasteiger partial charge is 0.291 e. The van der Waals surface area contributed by atoms with E-state index in [2.05, 4.69) is 24.4 Å². The van der Waals surface area contributed by atoms with Crippen LogP contribution < -0.4 is 5.32 Å². The molecule has 3 heterocycles. The fourth-order valence-electron chi connectivity index (χ4n) is 3.54. The van der Waals surface area contributed by atoms with Gasteiger partial charge in [-0.3, -0.25) is 9.59 Å². The molecule has 6 heteroatoms. The van der Waals surface area contributed by atoms with Crippen molar-refractivity contribution in [1.29, 1.82) is 0 Å². The van der Waals surface area contributed by atoms with Gasteiger partial charge in [0.1, 0.15) is 0 Å². The van der Waals surface area contributed by atoms with Crippen molar-refractivity contribution < 1.29 is 14.0 Å². The average molecular weight is 380 g/mol. The molecule has 1 atom stereocenters. The van der Waals surface area contributed by atoms with Crippen LogP contribution in [0.4, 0.5) is 5.00 Å². The SMILES string of the molecule is Cc1ccccc1C1CCCN1C(=O)c1ccc(NC(=O)c2ccco2)s1. The topological polar surface area (TPSA) is 62.6 Å². The van der Waals surface area contributed by atoms with E-state index in [0.717, 1.165) is 19.4 Å². The zero-order chi connectivity index (χ0) is 18.8. The van der Waals surface area contributed by atoms with Gasteiger partial charge in [0.15, 0.2) is 5.76 Å². The minimum atomic E-state index is -0.320. The Morgan fingerprint density at radius 3 is 2.78 bits per heavy atom. The van der Waals surface area contributed by atoms with Crippen LogP contribution in [0.3, 0.4) is 0 Å². The number of hydrogen-bond donors (Lipinski definition) is 1. The molecule has 2 aromatic heterocycles. The number of thiophene rings is 1. The lowest BCUT2D eigenvalue weighted by molar-refractivity contribution is 0.0740. The van der Waals surface area contributed by atoms with E-state index in [1.807, 2.05) is 17.0 Å². The first-order valence-electron chi connectivity index (χ1n) is 8.94. The first-order valence-corrected chi connectivity index (χ1v) is 9.76. The highest BCUT2D eigenvalue weighted by atomic mass is 32.1. The third-order valence-corrected chi connectivity index (χ3v) is 5.85. The van der Waals surface area contributed by atoms with Gasteiger partial charge in [0.25, 0.3) is 11.8 Å². The summed E-state index contributed by atoms with van der Waals surface area (Å²) in [4.78, 5) is 27.7. The zero-order valence-electron chi connectivity index (χ0n) is 15.0. The number of anilines is 1. The van der Waals surface area contributed by atoms with Crippen molar-refractivity contribution in [3.05, 3.63) is 76.6 Å². The molecule has 138 valence electrons. The number of rotatable bonds is 4. The third-order valence-electron chi connectivity index (χ3n) is 4.86. The van der Waals surface area contributed by atoms with Crippen molar-refractivity contribution in [2.75, 3.05) is 11.9 Å². The summed E-state index contributed by atoms with van der Waals surface area (Å²) in [5, 5.41) is 3.41. The lowest BCUT2D eigenvalue weighted by Crippen LogP contribution is -2.30. The molecule has 27 heavy (non-hydrogen) atoms. The van der Waals surface area contributed by atoms with Crippen molar-refractivity contribution in [3.8, 4) is 0 Å². The van der Waals surface area contributed by atoms with Gasteiger partial charge in [-0.1, -0.05) is 24.3 Å². The summed E-state index contributed by atoms with van der Waals surface area (Å²) in [6, 6.07) is 15.2. The molecule has 4 rings (SSSR count). The number of hydrogen-bond acceptors (Lipinski definition) is 4. The number of nitrogens with one attached hydrogen (secondary N) is 1. The summed E-state index contributed by atoms with van der Waals surface area (Å²) in [5.74, 6) is -0.0560. The van der Waals surface area contributed by atoms with E-state index >= 15 is 0 Å². The summed E-state index contributed by atoms with van der Waals surface area (Å²) in [6.45, 7) is 2.84. The van der Waals surface area contributed by atoms with Crippen LogP contribution in [0.25, 0.3) is 0 Å². The van der Waals surface area contributed by atoms with Gasteiger partial charge in [-0.2, -0.15) is 0 Å². The van der Waals surface area contributed by atoms with Crippen LogP contribution in [0.2, 0.25) is 0 Å². The number of likely N-dealkylation sites (tertiary alicyclic amines) is 1. The van der Waals surface area contributed by atoms with E-state index in [1.54, 1.807) is 24.3 Å². The van der Waals surface area contributed by atoms with Gasteiger partial charge >= 0.3 is 0 Å². The highest BCUT2D eigenvalue weighted by Crippen LogP contribution is 2.36. The molecule has 1 fully saturated rings. The van der Waals surface area contributed by atoms with Crippen molar-refractivity contribution in [3.63, 3.8) is 0 Å². The molecule has 0 saturated carbocycles. The Kier molecular flexibility index (Phi) is 4.81. The number of amides is 2. The zero-order valence-corrected chi connectivity index (χ0v) is 15.8. The number of aryl methyl sites for hydroxylation is 1. The van der Waals surface area contributed by atoms with Gasteiger partial charge in [0, 0.05) is 6.54 Å². The molecule has 1 N–H and O–H groups in total. The van der Waals surface area contributed by atoms with Crippen LogP contribution in [0.1, 0.15) is 50.2 Å². The second kappa shape index (κ2) is 7.40. The van der Waals surface area contributed by atoms with Crippen molar-refractivity contribution in [2.45, 2.75) is 25.8 Å². The molecule has 0 aliphatic carbocycles. The molecule has 1 aromatic carbocycles. The lowest BCUT2D eigenvalue weighted by Gasteiger charge is -2.25. The van der Waals surface area contributed by atoms with Crippen LogP contribution in [0.15, 0.2) is 59.2 Å². The molecular formula is C21H20N2O3S. The Morgan fingerprint density at radius 1 is 1.15 bits per heavy atom. The third kappa shape index (κ3) is 3.53. The van der Waals surface area contributed by atoms with Gasteiger partial charge in [0.05, 0.1) is 22.2 Å². The fraction of sp³-hybridized carbons (Fsp3) is 0.238. The van der Waals surface area contributed by atoms with Crippen molar-refractivity contribution in [2.24, 2.45) is 0 Å². The van der Waals surface area contributed by atoms with Crippen molar-refractivity contribution >= 4 is 28.2 Å². The van der Waals surface area contributed by atoms with Crippen LogP contribution in [0.5, 0.6) is 0 Å². The predicted molar refractivity (Wildman–Crippen MR) is 105 cm³/mol. The number of carbonyl (C=O) groups is 2. The van der Waals surface area contributed by atoms with Gasteiger partial charge in [0.2, 0.25) is 0 Å². The molecule has 3 aromatic rings. The summed E-state index contributed by atoms with van der Waals surface area (Å²) < 4.78 is 5.09. The lowest BCUT2D eigenvalue weighted by atomic mass is 9.99. The normalized spacial score (nSPS) is 16.5. The van der Waals surface area contributed by atoms with Gasteiger partial charge < -0.3 is 14.6 Å². The predicted octanol–water partition coefficient (Wildman–Crippen LogP) is 4.88. The molecule has 5 nitrogen and oxygen atoms in total. The highest BCUT2D eigenvalue weighted by molar-refractivity contribution is 7.18. The Labute approximate surface area is 161 Å². The van der Waals surface area contributed by atoms with Crippen LogP contribution in [0, 0.1) is 6.92 Å². The van der Waals surface area contributed by atoms with Gasteiger partial charge in [-0.15, -0.1) is 11.3 Å². The first kappa shape index (κ1) is 17.5. The molecular weight excluding hydrogens is 360 g/mol. The van der Waals surface area contributed by atoms with E-state index in [-0.39, 0.29) is 23.6 Å². The average Bonchev–Trinajstić information content (AvgIpc) is 3.42. The summed E-state index contributed by atoms with van der Waals surface area (Å²) in [7, 11) is 0. The largest absolute Gasteiger partial charge is 0.459 e. The number of benzene rings is 1. The Bertz CT molecular complexity index is 961. The van der Waals surface area contributed by atoms with Crippen LogP contribution >= 0.6 is 11.3 Å². The first-order chi connectivity index (χ1) is 13.1. The van der Waals surface area contributed by atoms with Gasteiger partial charge in [-0.05, 0) is 55.2 Å². The maximum Gasteiger partial charge on any atom is 0.291 e. The second-order valence-corrected chi connectivity index (χ2v) is 7.69. The maximum atomic E-state index is 13.1. The number of nitrogens with zero attached hydrogens (tertiary/aromatic N) is 1. The Balaban J connectivity index is 1.50. The molecule has 1 aliphatic heterocycles. The number of furan rings is 1. The van der Waals surface area contributed by atoms with Crippen LogP contribution in [-0.4, -0.2) is 23.3 Å².